The van der Waals surface area contributed by atoms with Gasteiger partial charge in [-0.05, 0) is 26.3 Å². The fraction of sp³-hybridized carbons (Fsp3) is 0.900. The molecule has 86 valence electrons. The lowest BCUT2D eigenvalue weighted by Crippen LogP contribution is -2.38. The molecule has 0 bridgehead atoms. The maximum atomic E-state index is 9.21. The smallest absolute Gasteiger partial charge is 0.107 e. The molecule has 0 radical (unpaired) electrons. The van der Waals surface area contributed by atoms with Crippen molar-refractivity contribution in [2.24, 2.45) is 0 Å². The van der Waals surface area contributed by atoms with Crippen LogP contribution in [0.4, 0.5) is 0 Å². The van der Waals surface area contributed by atoms with Crippen LogP contribution in [0.2, 0.25) is 0 Å². The van der Waals surface area contributed by atoms with Gasteiger partial charge in [-0.15, -0.1) is 0 Å². The van der Waals surface area contributed by atoms with Gasteiger partial charge in [0.15, 0.2) is 0 Å². The third-order valence-corrected chi connectivity index (χ3v) is 4.35. The standard InChI is InChI=1S/C10H18N2O2S/c1-12-10(7-11)3-2-9(4-10)15-6-8(14)5-13/h8-9,12-14H,2-6H2,1H3. The Balaban J connectivity index is 2.34. The molecule has 1 aliphatic rings. The van der Waals surface area contributed by atoms with Crippen LogP contribution in [0.1, 0.15) is 19.3 Å². The van der Waals surface area contributed by atoms with Crippen molar-refractivity contribution in [1.29, 1.82) is 5.26 Å². The number of hydrogen-bond donors (Lipinski definition) is 3. The Morgan fingerprint density at radius 2 is 2.47 bits per heavy atom. The maximum absolute atomic E-state index is 9.21. The summed E-state index contributed by atoms with van der Waals surface area (Å²) in [6.07, 6.45) is 2.05. The van der Waals surface area contributed by atoms with E-state index in [2.05, 4.69) is 11.4 Å². The van der Waals surface area contributed by atoms with Gasteiger partial charge in [-0.25, -0.2) is 0 Å². The average Bonchev–Trinajstić information content (AvgIpc) is 2.70. The van der Waals surface area contributed by atoms with E-state index in [0.717, 1.165) is 19.3 Å². The molecule has 0 saturated heterocycles. The van der Waals surface area contributed by atoms with Gasteiger partial charge < -0.3 is 15.5 Å². The first-order chi connectivity index (χ1) is 7.15. The summed E-state index contributed by atoms with van der Waals surface area (Å²) in [5.74, 6) is 0.548. The van der Waals surface area contributed by atoms with Crippen molar-refractivity contribution in [3.63, 3.8) is 0 Å². The zero-order chi connectivity index (χ0) is 11.3. The van der Waals surface area contributed by atoms with E-state index < -0.39 is 6.10 Å². The van der Waals surface area contributed by atoms with Crippen molar-refractivity contribution in [2.45, 2.75) is 36.2 Å². The van der Waals surface area contributed by atoms with Crippen molar-refractivity contribution >= 4 is 11.8 Å². The van der Waals surface area contributed by atoms with Gasteiger partial charge in [0.1, 0.15) is 5.54 Å². The summed E-state index contributed by atoms with van der Waals surface area (Å²) in [5, 5.41) is 30.4. The van der Waals surface area contributed by atoms with E-state index in [4.69, 9.17) is 10.4 Å². The molecule has 15 heavy (non-hydrogen) atoms. The second-order valence-corrected chi connectivity index (χ2v) is 5.31. The Hall–Kier alpha value is -0.280. The zero-order valence-corrected chi connectivity index (χ0v) is 9.76. The lowest BCUT2D eigenvalue weighted by Gasteiger charge is -2.19. The minimum absolute atomic E-state index is 0.185. The van der Waals surface area contributed by atoms with Crippen LogP contribution < -0.4 is 5.32 Å². The molecule has 0 amide bonds. The quantitative estimate of drug-likeness (QED) is 0.625. The van der Waals surface area contributed by atoms with Gasteiger partial charge in [0.25, 0.3) is 0 Å². The Labute approximate surface area is 94.7 Å². The molecule has 1 aliphatic carbocycles. The average molecular weight is 230 g/mol. The molecule has 1 rings (SSSR count). The first kappa shape index (κ1) is 12.8. The molecule has 0 aliphatic heterocycles. The first-order valence-corrected chi connectivity index (χ1v) is 6.21. The van der Waals surface area contributed by atoms with Crippen LogP contribution in [-0.4, -0.2) is 46.5 Å². The van der Waals surface area contributed by atoms with Crippen LogP contribution in [0.3, 0.4) is 0 Å². The van der Waals surface area contributed by atoms with E-state index in [9.17, 15) is 5.11 Å². The molecule has 1 saturated carbocycles. The second-order valence-electron chi connectivity index (χ2n) is 3.98. The molecule has 0 aromatic carbocycles. The fourth-order valence-corrected chi connectivity index (χ4v) is 3.11. The summed E-state index contributed by atoms with van der Waals surface area (Å²) in [5.41, 5.74) is -0.373. The predicted molar refractivity (Wildman–Crippen MR) is 60.6 cm³/mol. The topological polar surface area (TPSA) is 76.3 Å². The Bertz CT molecular complexity index is 244. The highest BCUT2D eigenvalue weighted by Crippen LogP contribution is 2.36. The van der Waals surface area contributed by atoms with E-state index in [0.29, 0.717) is 11.0 Å². The summed E-state index contributed by atoms with van der Waals surface area (Å²) in [7, 11) is 1.82. The van der Waals surface area contributed by atoms with Gasteiger partial charge in [-0.1, -0.05) is 0 Å². The summed E-state index contributed by atoms with van der Waals surface area (Å²) < 4.78 is 0. The molecule has 0 aromatic heterocycles. The van der Waals surface area contributed by atoms with Crippen molar-refractivity contribution in [3.8, 4) is 6.07 Å². The van der Waals surface area contributed by atoms with Gasteiger partial charge in [0.2, 0.25) is 0 Å². The Kier molecular flexibility index (Phi) is 4.87. The lowest BCUT2D eigenvalue weighted by molar-refractivity contribution is 0.113. The molecule has 3 atom stereocenters. The minimum atomic E-state index is -0.637. The Morgan fingerprint density at radius 1 is 1.73 bits per heavy atom. The van der Waals surface area contributed by atoms with Crippen LogP contribution in [0.25, 0.3) is 0 Å². The van der Waals surface area contributed by atoms with Crippen LogP contribution in [0.5, 0.6) is 0 Å². The number of nitrogens with zero attached hydrogens (tertiary/aromatic N) is 1. The monoisotopic (exact) mass is 230 g/mol. The van der Waals surface area contributed by atoms with E-state index in [1.54, 1.807) is 11.8 Å². The van der Waals surface area contributed by atoms with E-state index in [1.807, 2.05) is 7.05 Å². The van der Waals surface area contributed by atoms with Crippen molar-refractivity contribution < 1.29 is 10.2 Å². The molecule has 1 fully saturated rings. The number of thioether (sulfide) groups is 1. The molecule has 0 aromatic rings. The fourth-order valence-electron chi connectivity index (χ4n) is 1.83. The van der Waals surface area contributed by atoms with Crippen molar-refractivity contribution in [1.82, 2.24) is 5.32 Å². The van der Waals surface area contributed by atoms with E-state index in [-0.39, 0.29) is 12.1 Å². The first-order valence-electron chi connectivity index (χ1n) is 5.16. The van der Waals surface area contributed by atoms with Crippen LogP contribution in [-0.2, 0) is 0 Å². The molecule has 5 heteroatoms. The van der Waals surface area contributed by atoms with Gasteiger partial charge in [-0.3, -0.25) is 0 Å². The number of nitriles is 1. The van der Waals surface area contributed by atoms with Crippen LogP contribution in [0.15, 0.2) is 0 Å². The van der Waals surface area contributed by atoms with Crippen LogP contribution in [0, 0.1) is 11.3 Å². The number of hydrogen-bond acceptors (Lipinski definition) is 5. The zero-order valence-electron chi connectivity index (χ0n) is 8.94. The summed E-state index contributed by atoms with van der Waals surface area (Å²) in [6, 6.07) is 2.32. The number of nitrogens with one attached hydrogen (secondary N) is 1. The van der Waals surface area contributed by atoms with E-state index in [1.165, 1.54) is 0 Å². The number of rotatable bonds is 5. The highest BCUT2D eigenvalue weighted by molar-refractivity contribution is 7.99. The number of aliphatic hydroxyl groups is 2. The summed E-state index contributed by atoms with van der Waals surface area (Å²) in [4.78, 5) is 0. The normalized spacial score (nSPS) is 32.5. The third-order valence-electron chi connectivity index (χ3n) is 2.90. The molecule has 3 N–H and O–H groups in total. The van der Waals surface area contributed by atoms with Crippen molar-refractivity contribution in [2.75, 3.05) is 19.4 Å². The highest BCUT2D eigenvalue weighted by atomic mass is 32.2. The molecule has 0 spiro atoms. The van der Waals surface area contributed by atoms with Gasteiger partial charge in [-0.2, -0.15) is 17.0 Å². The highest BCUT2D eigenvalue weighted by Gasteiger charge is 2.38. The Morgan fingerprint density at radius 3 is 2.93 bits per heavy atom. The largest absolute Gasteiger partial charge is 0.394 e. The third kappa shape index (κ3) is 3.35. The summed E-state index contributed by atoms with van der Waals surface area (Å²) >= 11 is 1.65. The predicted octanol–water partition coefficient (Wildman–Crippen LogP) is 0.107. The van der Waals surface area contributed by atoms with Gasteiger partial charge in [0, 0.05) is 11.0 Å². The van der Waals surface area contributed by atoms with Crippen LogP contribution >= 0.6 is 11.8 Å². The SMILES string of the molecule is CNC1(C#N)CCC(SCC(O)CO)C1. The van der Waals surface area contributed by atoms with E-state index >= 15 is 0 Å². The molecule has 4 nitrogen and oxygen atoms in total. The molecular weight excluding hydrogens is 212 g/mol. The van der Waals surface area contributed by atoms with Gasteiger partial charge >= 0.3 is 0 Å². The molecule has 3 unspecified atom stereocenters. The summed E-state index contributed by atoms with van der Waals surface area (Å²) in [6.45, 7) is -0.185. The number of aliphatic hydroxyl groups excluding tert-OH is 2. The molecular formula is C10H18N2O2S. The lowest BCUT2D eigenvalue weighted by atomic mass is 10.0. The second kappa shape index (κ2) is 5.71. The maximum Gasteiger partial charge on any atom is 0.107 e. The molecule has 0 heterocycles. The van der Waals surface area contributed by atoms with Crippen molar-refractivity contribution in [3.05, 3.63) is 0 Å². The van der Waals surface area contributed by atoms with Gasteiger partial charge in [0.05, 0.1) is 18.8 Å². The minimum Gasteiger partial charge on any atom is -0.394 e.